The van der Waals surface area contributed by atoms with Gasteiger partial charge in [-0.15, -0.1) is 11.3 Å². The van der Waals surface area contributed by atoms with Gasteiger partial charge in [-0.1, -0.05) is 6.07 Å². The molecule has 3 rings (SSSR count). The lowest BCUT2D eigenvalue weighted by Crippen LogP contribution is -2.26. The highest BCUT2D eigenvalue weighted by molar-refractivity contribution is 7.17. The first-order valence-corrected chi connectivity index (χ1v) is 9.11. The van der Waals surface area contributed by atoms with Gasteiger partial charge in [0.15, 0.2) is 0 Å². The fraction of sp³-hybridized carbons (Fsp3) is 0.333. The molecule has 0 fully saturated rings. The SMILES string of the molecule is COC(=O)c1c(NC(=O)c2cccc([N+](=O)[O-])c2C)sc2c1CCN(C)C2. The third kappa shape index (κ3) is 3.56. The molecule has 0 saturated carbocycles. The minimum Gasteiger partial charge on any atom is -0.465 e. The molecular weight excluding hydrogens is 370 g/mol. The molecule has 1 aromatic carbocycles. The molecule has 1 aliphatic rings. The highest BCUT2D eigenvalue weighted by Gasteiger charge is 2.29. The van der Waals surface area contributed by atoms with Crippen molar-refractivity contribution in [2.75, 3.05) is 26.0 Å². The maximum Gasteiger partial charge on any atom is 0.341 e. The van der Waals surface area contributed by atoms with Crippen LogP contribution < -0.4 is 5.32 Å². The predicted molar refractivity (Wildman–Crippen MR) is 101 cm³/mol. The van der Waals surface area contributed by atoms with E-state index in [1.807, 2.05) is 7.05 Å². The molecule has 27 heavy (non-hydrogen) atoms. The number of anilines is 1. The van der Waals surface area contributed by atoms with E-state index in [0.717, 1.165) is 17.0 Å². The van der Waals surface area contributed by atoms with Crippen molar-refractivity contribution in [1.82, 2.24) is 4.90 Å². The van der Waals surface area contributed by atoms with Gasteiger partial charge in [-0.2, -0.15) is 0 Å². The number of esters is 1. The second kappa shape index (κ2) is 7.45. The first-order chi connectivity index (χ1) is 12.8. The average molecular weight is 389 g/mol. The largest absolute Gasteiger partial charge is 0.465 e. The Balaban J connectivity index is 1.98. The van der Waals surface area contributed by atoms with Gasteiger partial charge in [0.25, 0.3) is 11.6 Å². The third-order valence-corrected chi connectivity index (χ3v) is 5.74. The van der Waals surface area contributed by atoms with Gasteiger partial charge in [0.2, 0.25) is 0 Å². The Bertz CT molecular complexity index is 937. The minimum atomic E-state index is -0.522. The number of fused-ring (bicyclic) bond motifs is 1. The summed E-state index contributed by atoms with van der Waals surface area (Å²) < 4.78 is 4.90. The van der Waals surface area contributed by atoms with E-state index in [4.69, 9.17) is 4.74 Å². The summed E-state index contributed by atoms with van der Waals surface area (Å²) in [6.45, 7) is 3.03. The fourth-order valence-electron chi connectivity index (χ4n) is 3.17. The number of amides is 1. The van der Waals surface area contributed by atoms with Crippen molar-refractivity contribution in [2.45, 2.75) is 19.9 Å². The maximum atomic E-state index is 12.8. The van der Waals surface area contributed by atoms with Gasteiger partial charge in [-0.3, -0.25) is 14.9 Å². The van der Waals surface area contributed by atoms with Crippen molar-refractivity contribution in [3.63, 3.8) is 0 Å². The molecule has 0 unspecified atom stereocenters. The lowest BCUT2D eigenvalue weighted by atomic mass is 10.0. The first-order valence-electron chi connectivity index (χ1n) is 8.30. The van der Waals surface area contributed by atoms with Gasteiger partial charge in [0, 0.05) is 35.2 Å². The Morgan fingerprint density at radius 2 is 2.11 bits per heavy atom. The van der Waals surface area contributed by atoms with Crippen molar-refractivity contribution in [1.29, 1.82) is 0 Å². The number of nitro benzene ring substituents is 1. The smallest absolute Gasteiger partial charge is 0.341 e. The molecule has 1 N–H and O–H groups in total. The van der Waals surface area contributed by atoms with E-state index in [0.29, 0.717) is 23.5 Å². The number of nitro groups is 1. The number of hydrogen-bond donors (Lipinski definition) is 1. The van der Waals surface area contributed by atoms with Crippen LogP contribution >= 0.6 is 11.3 Å². The lowest BCUT2D eigenvalue weighted by molar-refractivity contribution is -0.385. The van der Waals surface area contributed by atoms with Gasteiger partial charge in [0.05, 0.1) is 17.6 Å². The lowest BCUT2D eigenvalue weighted by Gasteiger charge is -2.22. The van der Waals surface area contributed by atoms with Gasteiger partial charge in [0.1, 0.15) is 5.00 Å². The maximum absolute atomic E-state index is 12.8. The van der Waals surface area contributed by atoms with Crippen LogP contribution in [0.5, 0.6) is 0 Å². The molecule has 142 valence electrons. The molecule has 0 radical (unpaired) electrons. The number of rotatable bonds is 4. The summed E-state index contributed by atoms with van der Waals surface area (Å²) in [5.41, 5.74) is 1.63. The highest BCUT2D eigenvalue weighted by Crippen LogP contribution is 2.37. The van der Waals surface area contributed by atoms with Crippen LogP contribution in [-0.2, 0) is 17.7 Å². The number of thiophene rings is 1. The summed E-state index contributed by atoms with van der Waals surface area (Å²) in [5.74, 6) is -0.989. The zero-order chi connectivity index (χ0) is 19.7. The van der Waals surface area contributed by atoms with Crippen molar-refractivity contribution >= 4 is 33.9 Å². The number of nitrogens with one attached hydrogen (secondary N) is 1. The van der Waals surface area contributed by atoms with Crippen molar-refractivity contribution < 1.29 is 19.2 Å². The normalized spacial score (nSPS) is 13.7. The predicted octanol–water partition coefficient (Wildman–Crippen LogP) is 2.99. The van der Waals surface area contributed by atoms with Crippen molar-refractivity contribution in [3.8, 4) is 0 Å². The monoisotopic (exact) mass is 389 g/mol. The fourth-order valence-corrected chi connectivity index (χ4v) is 4.49. The molecule has 2 aromatic rings. The minimum absolute atomic E-state index is 0.122. The number of ether oxygens (including phenoxy) is 1. The van der Waals surface area contributed by atoms with E-state index in [2.05, 4.69) is 10.2 Å². The van der Waals surface area contributed by atoms with E-state index in [1.165, 1.54) is 43.6 Å². The summed E-state index contributed by atoms with van der Waals surface area (Å²) in [4.78, 5) is 38.8. The van der Waals surface area contributed by atoms with Crippen molar-refractivity contribution in [2.24, 2.45) is 0 Å². The molecule has 1 aromatic heterocycles. The zero-order valence-corrected chi connectivity index (χ0v) is 16.0. The van der Waals surface area contributed by atoms with Crippen LogP contribution in [0.4, 0.5) is 10.7 Å². The molecule has 9 heteroatoms. The Morgan fingerprint density at radius 1 is 1.37 bits per heavy atom. The summed E-state index contributed by atoms with van der Waals surface area (Å²) in [7, 11) is 3.29. The molecular formula is C18H19N3O5S. The number of benzene rings is 1. The topological polar surface area (TPSA) is 102 Å². The molecule has 0 spiro atoms. The van der Waals surface area contributed by atoms with Gasteiger partial charge in [-0.05, 0) is 32.0 Å². The molecule has 2 heterocycles. The standard InChI is InChI=1S/C18H19N3O5S/c1-10-11(5-4-6-13(10)21(24)25)16(22)19-17-15(18(23)26-3)12-7-8-20(2)9-14(12)27-17/h4-6H,7-9H2,1-3H3,(H,19,22). The summed E-state index contributed by atoms with van der Waals surface area (Å²) >= 11 is 1.34. The molecule has 0 aliphatic carbocycles. The van der Waals surface area contributed by atoms with Crippen LogP contribution in [-0.4, -0.2) is 42.4 Å². The molecule has 0 atom stereocenters. The molecule has 0 saturated heterocycles. The number of methoxy groups -OCH3 is 1. The summed E-state index contributed by atoms with van der Waals surface area (Å²) in [6.07, 6.45) is 0.693. The Labute approximate surface area is 159 Å². The first kappa shape index (κ1) is 19.0. The van der Waals surface area contributed by atoms with Crippen LogP contribution in [0.1, 0.15) is 36.7 Å². The number of carbonyl (C=O) groups excluding carboxylic acids is 2. The van der Waals surface area contributed by atoms with E-state index >= 15 is 0 Å². The van der Waals surface area contributed by atoms with Crippen LogP contribution in [0.2, 0.25) is 0 Å². The number of hydrogen-bond acceptors (Lipinski definition) is 7. The Hall–Kier alpha value is -2.78. The van der Waals surface area contributed by atoms with Gasteiger partial charge >= 0.3 is 5.97 Å². The number of likely N-dealkylation sites (N-methyl/N-ethyl adjacent to an activating group) is 1. The molecule has 0 bridgehead atoms. The number of carbonyl (C=O) groups is 2. The number of nitrogens with zero attached hydrogens (tertiary/aromatic N) is 2. The third-order valence-electron chi connectivity index (χ3n) is 4.61. The van der Waals surface area contributed by atoms with E-state index in [-0.39, 0.29) is 16.8 Å². The Morgan fingerprint density at radius 3 is 2.78 bits per heavy atom. The van der Waals surface area contributed by atoms with E-state index < -0.39 is 16.8 Å². The van der Waals surface area contributed by atoms with E-state index in [1.54, 1.807) is 0 Å². The second-order valence-electron chi connectivity index (χ2n) is 6.35. The summed E-state index contributed by atoms with van der Waals surface area (Å²) in [6, 6.07) is 4.35. The van der Waals surface area contributed by atoms with Crippen LogP contribution in [0.3, 0.4) is 0 Å². The van der Waals surface area contributed by atoms with Gasteiger partial charge < -0.3 is 15.0 Å². The Kier molecular flexibility index (Phi) is 5.24. The summed E-state index contributed by atoms with van der Waals surface area (Å²) in [5, 5.41) is 14.3. The van der Waals surface area contributed by atoms with Gasteiger partial charge in [-0.25, -0.2) is 4.79 Å². The average Bonchev–Trinajstić information content (AvgIpc) is 2.97. The molecule has 1 aliphatic heterocycles. The van der Waals surface area contributed by atoms with Crippen molar-refractivity contribution in [3.05, 3.63) is 55.4 Å². The van der Waals surface area contributed by atoms with Crippen LogP contribution in [0, 0.1) is 17.0 Å². The zero-order valence-electron chi connectivity index (χ0n) is 15.2. The van der Waals surface area contributed by atoms with E-state index in [9.17, 15) is 19.7 Å². The molecule has 1 amide bonds. The van der Waals surface area contributed by atoms with Crippen LogP contribution in [0.25, 0.3) is 0 Å². The highest BCUT2D eigenvalue weighted by atomic mass is 32.1. The second-order valence-corrected chi connectivity index (χ2v) is 7.45. The quantitative estimate of drug-likeness (QED) is 0.490. The van der Waals surface area contributed by atoms with Crippen LogP contribution in [0.15, 0.2) is 18.2 Å². The molecule has 8 nitrogen and oxygen atoms in total.